The van der Waals surface area contributed by atoms with Crippen molar-refractivity contribution in [1.82, 2.24) is 4.90 Å². The standard InChI is InChI=1S/C13H12BrClN2O2/c14-9-4-3-8(15)6-11(9)17-7-12(18)16-5-1-2-10(16)13(17)19/h3-4,6,10H,1-2,5,7H2. The van der Waals surface area contributed by atoms with Crippen LogP contribution in [0.15, 0.2) is 22.7 Å². The smallest absolute Gasteiger partial charge is 0.250 e. The van der Waals surface area contributed by atoms with Crippen molar-refractivity contribution in [2.24, 2.45) is 0 Å². The molecule has 2 fully saturated rings. The van der Waals surface area contributed by atoms with Crippen LogP contribution in [-0.2, 0) is 9.59 Å². The molecule has 0 bridgehead atoms. The summed E-state index contributed by atoms with van der Waals surface area (Å²) in [4.78, 5) is 27.8. The normalized spacial score (nSPS) is 22.9. The number of hydrogen-bond acceptors (Lipinski definition) is 2. The Morgan fingerprint density at radius 2 is 2.11 bits per heavy atom. The van der Waals surface area contributed by atoms with Crippen molar-refractivity contribution >= 4 is 45.0 Å². The fourth-order valence-electron chi connectivity index (χ4n) is 2.70. The molecule has 0 radical (unpaired) electrons. The molecule has 1 atom stereocenters. The second kappa shape index (κ2) is 4.80. The largest absolute Gasteiger partial charge is 0.329 e. The monoisotopic (exact) mass is 342 g/mol. The topological polar surface area (TPSA) is 40.6 Å². The Balaban J connectivity index is 1.98. The Labute approximate surface area is 124 Å². The first-order valence-corrected chi connectivity index (χ1v) is 7.31. The quantitative estimate of drug-likeness (QED) is 0.786. The van der Waals surface area contributed by atoms with Gasteiger partial charge in [-0.05, 0) is 47.0 Å². The molecule has 6 heteroatoms. The molecule has 0 aromatic heterocycles. The van der Waals surface area contributed by atoms with Crippen molar-refractivity contribution < 1.29 is 9.59 Å². The van der Waals surface area contributed by atoms with Crippen molar-refractivity contribution in [2.75, 3.05) is 18.0 Å². The molecule has 0 N–H and O–H groups in total. The van der Waals surface area contributed by atoms with Gasteiger partial charge in [-0.2, -0.15) is 0 Å². The van der Waals surface area contributed by atoms with Crippen LogP contribution in [0.3, 0.4) is 0 Å². The van der Waals surface area contributed by atoms with Gasteiger partial charge in [0.15, 0.2) is 0 Å². The molecule has 0 saturated carbocycles. The van der Waals surface area contributed by atoms with Gasteiger partial charge in [0, 0.05) is 16.0 Å². The molecular weight excluding hydrogens is 332 g/mol. The number of amides is 2. The van der Waals surface area contributed by atoms with Crippen molar-refractivity contribution in [2.45, 2.75) is 18.9 Å². The molecule has 2 heterocycles. The van der Waals surface area contributed by atoms with Crippen molar-refractivity contribution in [3.8, 4) is 0 Å². The van der Waals surface area contributed by atoms with Crippen molar-refractivity contribution in [1.29, 1.82) is 0 Å². The maximum absolute atomic E-state index is 12.5. The van der Waals surface area contributed by atoms with Gasteiger partial charge < -0.3 is 9.80 Å². The van der Waals surface area contributed by atoms with Crippen LogP contribution in [0.25, 0.3) is 0 Å². The number of anilines is 1. The van der Waals surface area contributed by atoms with Gasteiger partial charge in [0.1, 0.15) is 12.6 Å². The van der Waals surface area contributed by atoms with Crippen LogP contribution >= 0.6 is 27.5 Å². The number of nitrogens with zero attached hydrogens (tertiary/aromatic N) is 2. The van der Waals surface area contributed by atoms with Gasteiger partial charge in [-0.1, -0.05) is 11.6 Å². The minimum atomic E-state index is -0.299. The number of hydrogen-bond donors (Lipinski definition) is 0. The first-order valence-electron chi connectivity index (χ1n) is 6.14. The van der Waals surface area contributed by atoms with E-state index in [2.05, 4.69) is 15.9 Å². The zero-order chi connectivity index (χ0) is 13.6. The minimum absolute atomic E-state index is 0.00831. The third-order valence-corrected chi connectivity index (χ3v) is 4.52. The third kappa shape index (κ3) is 2.15. The van der Waals surface area contributed by atoms with Crippen LogP contribution in [0.2, 0.25) is 5.02 Å². The molecule has 2 saturated heterocycles. The summed E-state index contributed by atoms with van der Waals surface area (Å²) in [6, 6.07) is 4.94. The highest BCUT2D eigenvalue weighted by Gasteiger charge is 2.42. The molecule has 0 aliphatic carbocycles. The number of piperazine rings is 1. The van der Waals surface area contributed by atoms with Gasteiger partial charge in [-0.15, -0.1) is 0 Å². The highest BCUT2D eigenvalue weighted by Crippen LogP contribution is 2.33. The predicted octanol–water partition coefficient (Wildman–Crippen LogP) is 2.44. The van der Waals surface area contributed by atoms with Gasteiger partial charge in [-0.25, -0.2) is 0 Å². The van der Waals surface area contributed by atoms with Crippen molar-refractivity contribution in [3.05, 3.63) is 27.7 Å². The molecule has 3 rings (SSSR count). The molecule has 2 aliphatic rings. The Morgan fingerprint density at radius 1 is 1.32 bits per heavy atom. The maximum Gasteiger partial charge on any atom is 0.250 e. The number of benzene rings is 1. The fourth-order valence-corrected chi connectivity index (χ4v) is 3.33. The molecule has 100 valence electrons. The Morgan fingerprint density at radius 3 is 2.89 bits per heavy atom. The molecule has 19 heavy (non-hydrogen) atoms. The van der Waals surface area contributed by atoms with E-state index in [0.29, 0.717) is 17.3 Å². The second-order valence-electron chi connectivity index (χ2n) is 4.77. The molecular formula is C13H12BrClN2O2. The number of rotatable bonds is 1. The van der Waals surface area contributed by atoms with Gasteiger partial charge in [0.2, 0.25) is 11.8 Å². The SMILES string of the molecule is O=C1C2CCCN2C(=O)CN1c1cc(Cl)ccc1Br. The lowest BCUT2D eigenvalue weighted by atomic mass is 10.1. The summed E-state index contributed by atoms with van der Waals surface area (Å²) in [7, 11) is 0. The van der Waals surface area contributed by atoms with Crippen LogP contribution in [0.1, 0.15) is 12.8 Å². The number of carbonyl (C=O) groups is 2. The van der Waals surface area contributed by atoms with E-state index in [1.165, 1.54) is 4.90 Å². The number of halogens is 2. The summed E-state index contributed by atoms with van der Waals surface area (Å²) < 4.78 is 0.768. The highest BCUT2D eigenvalue weighted by atomic mass is 79.9. The molecule has 4 nitrogen and oxygen atoms in total. The molecule has 0 spiro atoms. The molecule has 1 aromatic rings. The summed E-state index contributed by atoms with van der Waals surface area (Å²) in [5, 5.41) is 0.548. The molecule has 1 unspecified atom stereocenters. The Kier molecular flexibility index (Phi) is 3.27. The summed E-state index contributed by atoms with van der Waals surface area (Å²) >= 11 is 9.39. The lowest BCUT2D eigenvalue weighted by Crippen LogP contribution is -2.57. The van der Waals surface area contributed by atoms with Crippen molar-refractivity contribution in [3.63, 3.8) is 0 Å². The van der Waals surface area contributed by atoms with Crippen LogP contribution in [-0.4, -0.2) is 35.8 Å². The average molecular weight is 344 g/mol. The first kappa shape index (κ1) is 12.9. The maximum atomic E-state index is 12.5. The van der Waals surface area contributed by atoms with E-state index in [1.54, 1.807) is 23.1 Å². The number of fused-ring (bicyclic) bond motifs is 1. The van der Waals surface area contributed by atoms with Gasteiger partial charge in [0.25, 0.3) is 0 Å². The van der Waals surface area contributed by atoms with Crippen LogP contribution < -0.4 is 4.90 Å². The molecule has 2 amide bonds. The van der Waals surface area contributed by atoms with Gasteiger partial charge in [-0.3, -0.25) is 9.59 Å². The summed E-state index contributed by atoms with van der Waals surface area (Å²) in [5.74, 6) is -0.00552. The van der Waals surface area contributed by atoms with E-state index in [4.69, 9.17) is 11.6 Å². The second-order valence-corrected chi connectivity index (χ2v) is 6.06. The lowest BCUT2D eigenvalue weighted by molar-refractivity contribution is -0.140. The summed E-state index contributed by atoms with van der Waals surface area (Å²) in [6.45, 7) is 0.786. The average Bonchev–Trinajstić information content (AvgIpc) is 2.87. The van der Waals surface area contributed by atoms with E-state index in [0.717, 1.165) is 17.3 Å². The highest BCUT2D eigenvalue weighted by molar-refractivity contribution is 9.10. The minimum Gasteiger partial charge on any atom is -0.329 e. The van der Waals surface area contributed by atoms with Gasteiger partial charge >= 0.3 is 0 Å². The van der Waals surface area contributed by atoms with Crippen LogP contribution in [0.4, 0.5) is 5.69 Å². The first-order chi connectivity index (χ1) is 9.08. The van der Waals surface area contributed by atoms with Gasteiger partial charge in [0.05, 0.1) is 5.69 Å². The third-order valence-electron chi connectivity index (χ3n) is 3.62. The van der Waals surface area contributed by atoms with E-state index in [-0.39, 0.29) is 24.4 Å². The lowest BCUT2D eigenvalue weighted by Gasteiger charge is -2.36. The molecule has 2 aliphatic heterocycles. The Hall–Kier alpha value is -1.07. The Bertz CT molecular complexity index is 564. The fraction of sp³-hybridized carbons (Fsp3) is 0.385. The summed E-state index contributed by atoms with van der Waals surface area (Å²) in [5.41, 5.74) is 0.664. The van der Waals surface area contributed by atoms with E-state index in [9.17, 15) is 9.59 Å². The predicted molar refractivity (Wildman–Crippen MR) is 76.2 cm³/mol. The van der Waals surface area contributed by atoms with Crippen LogP contribution in [0, 0.1) is 0 Å². The number of carbonyl (C=O) groups excluding carboxylic acids is 2. The van der Waals surface area contributed by atoms with E-state index < -0.39 is 0 Å². The van der Waals surface area contributed by atoms with E-state index in [1.807, 2.05) is 0 Å². The van der Waals surface area contributed by atoms with Crippen LogP contribution in [0.5, 0.6) is 0 Å². The zero-order valence-corrected chi connectivity index (χ0v) is 12.4. The zero-order valence-electron chi connectivity index (χ0n) is 10.1. The molecule has 1 aromatic carbocycles. The van der Waals surface area contributed by atoms with E-state index >= 15 is 0 Å². The summed E-state index contributed by atoms with van der Waals surface area (Å²) in [6.07, 6.45) is 1.64.